The number of carbonyl (C=O) groups excluding carboxylic acids is 1. The number of hydrogen-bond acceptors (Lipinski definition) is 3. The first kappa shape index (κ1) is 15.9. The highest BCUT2D eigenvalue weighted by Gasteiger charge is 2.29. The average molecular weight is 337 g/mol. The van der Waals surface area contributed by atoms with Crippen molar-refractivity contribution in [2.45, 2.75) is 38.6 Å². The third kappa shape index (κ3) is 2.81. The zero-order valence-electron chi connectivity index (χ0n) is 14.7. The van der Waals surface area contributed by atoms with Gasteiger partial charge in [0.05, 0.1) is 11.6 Å². The van der Waals surface area contributed by atoms with Crippen molar-refractivity contribution < 1.29 is 4.79 Å². The SMILES string of the molecule is Cc1nnc2ccc(C(=O)N3CCCCC[C@@H]3c3cccn3C)cn12. The number of aryl methyl sites for hydroxylation is 2. The van der Waals surface area contributed by atoms with Crippen LogP contribution in [-0.4, -0.2) is 36.5 Å². The molecule has 0 bridgehead atoms. The lowest BCUT2D eigenvalue weighted by Gasteiger charge is -2.30. The van der Waals surface area contributed by atoms with E-state index in [4.69, 9.17) is 0 Å². The van der Waals surface area contributed by atoms with Crippen LogP contribution in [0, 0.1) is 6.92 Å². The minimum absolute atomic E-state index is 0.0862. The largest absolute Gasteiger partial charge is 0.353 e. The molecule has 25 heavy (non-hydrogen) atoms. The summed E-state index contributed by atoms with van der Waals surface area (Å²) >= 11 is 0. The Balaban J connectivity index is 1.71. The number of pyridine rings is 1. The number of likely N-dealkylation sites (tertiary alicyclic amines) is 1. The molecule has 1 amide bonds. The van der Waals surface area contributed by atoms with Crippen LogP contribution < -0.4 is 0 Å². The molecule has 0 spiro atoms. The normalized spacial score (nSPS) is 18.5. The summed E-state index contributed by atoms with van der Waals surface area (Å²) in [6.45, 7) is 2.70. The van der Waals surface area contributed by atoms with Gasteiger partial charge in [-0.1, -0.05) is 12.8 Å². The van der Waals surface area contributed by atoms with Crippen molar-refractivity contribution in [3.63, 3.8) is 0 Å². The highest BCUT2D eigenvalue weighted by atomic mass is 16.2. The lowest BCUT2D eigenvalue weighted by molar-refractivity contribution is 0.0674. The van der Waals surface area contributed by atoms with Gasteiger partial charge in [0, 0.05) is 31.7 Å². The van der Waals surface area contributed by atoms with E-state index in [2.05, 4.69) is 40.1 Å². The molecule has 4 rings (SSSR count). The van der Waals surface area contributed by atoms with Gasteiger partial charge in [-0.05, 0) is 44.0 Å². The molecule has 1 saturated heterocycles. The van der Waals surface area contributed by atoms with Crippen LogP contribution in [-0.2, 0) is 7.05 Å². The Morgan fingerprint density at radius 3 is 2.84 bits per heavy atom. The zero-order valence-corrected chi connectivity index (χ0v) is 14.7. The maximum atomic E-state index is 13.3. The highest BCUT2D eigenvalue weighted by Crippen LogP contribution is 2.31. The summed E-state index contributed by atoms with van der Waals surface area (Å²) in [7, 11) is 2.05. The maximum Gasteiger partial charge on any atom is 0.255 e. The van der Waals surface area contributed by atoms with E-state index in [0.717, 1.165) is 37.3 Å². The molecule has 0 unspecified atom stereocenters. The topological polar surface area (TPSA) is 55.4 Å². The second-order valence-corrected chi connectivity index (χ2v) is 6.80. The summed E-state index contributed by atoms with van der Waals surface area (Å²) in [5, 5.41) is 8.17. The number of aromatic nitrogens is 4. The number of hydrogen-bond donors (Lipinski definition) is 0. The third-order valence-corrected chi connectivity index (χ3v) is 5.16. The molecule has 0 aliphatic carbocycles. The van der Waals surface area contributed by atoms with Crippen molar-refractivity contribution in [3.8, 4) is 0 Å². The lowest BCUT2D eigenvalue weighted by atomic mass is 10.1. The van der Waals surface area contributed by atoms with Crippen molar-refractivity contribution in [1.82, 2.24) is 24.1 Å². The molecule has 1 aliphatic heterocycles. The van der Waals surface area contributed by atoms with Crippen LogP contribution in [0.25, 0.3) is 5.65 Å². The average Bonchev–Trinajstić information content (AvgIpc) is 3.12. The van der Waals surface area contributed by atoms with E-state index in [-0.39, 0.29) is 11.9 Å². The fraction of sp³-hybridized carbons (Fsp3) is 0.421. The number of fused-ring (bicyclic) bond motifs is 1. The van der Waals surface area contributed by atoms with Crippen LogP contribution in [0.2, 0.25) is 0 Å². The fourth-order valence-electron chi connectivity index (χ4n) is 3.78. The van der Waals surface area contributed by atoms with E-state index in [0.29, 0.717) is 5.56 Å². The van der Waals surface area contributed by atoms with E-state index in [9.17, 15) is 4.79 Å². The van der Waals surface area contributed by atoms with Crippen LogP contribution in [0.4, 0.5) is 0 Å². The molecule has 1 atom stereocenters. The van der Waals surface area contributed by atoms with Crippen molar-refractivity contribution >= 4 is 11.6 Å². The summed E-state index contributed by atoms with van der Waals surface area (Å²) < 4.78 is 4.01. The molecule has 6 heteroatoms. The molecule has 130 valence electrons. The first-order valence-corrected chi connectivity index (χ1v) is 8.89. The van der Waals surface area contributed by atoms with E-state index in [1.807, 2.05) is 34.6 Å². The lowest BCUT2D eigenvalue weighted by Crippen LogP contribution is -2.35. The van der Waals surface area contributed by atoms with Gasteiger partial charge in [-0.25, -0.2) is 0 Å². The number of nitrogens with zero attached hydrogens (tertiary/aromatic N) is 5. The van der Waals surface area contributed by atoms with Gasteiger partial charge in [0.1, 0.15) is 5.82 Å². The molecule has 0 N–H and O–H groups in total. The zero-order chi connectivity index (χ0) is 17.4. The van der Waals surface area contributed by atoms with Gasteiger partial charge in [0.25, 0.3) is 5.91 Å². The summed E-state index contributed by atoms with van der Waals surface area (Å²) in [4.78, 5) is 15.4. The molecule has 3 aromatic rings. The maximum absolute atomic E-state index is 13.3. The summed E-state index contributed by atoms with van der Waals surface area (Å²) in [5.74, 6) is 0.877. The summed E-state index contributed by atoms with van der Waals surface area (Å²) in [6.07, 6.45) is 8.31. The molecule has 0 radical (unpaired) electrons. The Hall–Kier alpha value is -2.63. The van der Waals surface area contributed by atoms with Gasteiger partial charge in [-0.15, -0.1) is 10.2 Å². The van der Waals surface area contributed by atoms with Crippen molar-refractivity contribution in [1.29, 1.82) is 0 Å². The number of rotatable bonds is 2. The van der Waals surface area contributed by atoms with Crippen LogP contribution in [0.3, 0.4) is 0 Å². The van der Waals surface area contributed by atoms with Crippen molar-refractivity contribution in [2.75, 3.05) is 6.54 Å². The van der Waals surface area contributed by atoms with E-state index < -0.39 is 0 Å². The molecular formula is C19H23N5O. The predicted octanol–water partition coefficient (Wildman–Crippen LogP) is 3.13. The Bertz CT molecular complexity index is 910. The molecule has 0 saturated carbocycles. The molecule has 4 heterocycles. The van der Waals surface area contributed by atoms with Gasteiger partial charge < -0.3 is 9.47 Å². The first-order chi connectivity index (χ1) is 12.1. The Morgan fingerprint density at radius 1 is 1.16 bits per heavy atom. The van der Waals surface area contributed by atoms with E-state index >= 15 is 0 Å². The molecule has 6 nitrogen and oxygen atoms in total. The molecular weight excluding hydrogens is 314 g/mol. The smallest absolute Gasteiger partial charge is 0.255 e. The predicted molar refractivity (Wildman–Crippen MR) is 95.4 cm³/mol. The monoisotopic (exact) mass is 337 g/mol. The second-order valence-electron chi connectivity index (χ2n) is 6.80. The second kappa shape index (κ2) is 6.35. The molecule has 0 aromatic carbocycles. The standard InChI is InChI=1S/C19H23N5O/c1-14-20-21-18-10-9-15(13-24(14)18)19(25)23-12-5-3-4-7-17(23)16-8-6-11-22(16)2/h6,8-11,13,17H,3-5,7,12H2,1-2H3/t17-/m1/s1. The van der Waals surface area contributed by atoms with Crippen molar-refractivity contribution in [2.24, 2.45) is 7.05 Å². The highest BCUT2D eigenvalue weighted by molar-refractivity contribution is 5.94. The minimum atomic E-state index is 0.0862. The number of carbonyl (C=O) groups is 1. The fourth-order valence-corrected chi connectivity index (χ4v) is 3.78. The van der Waals surface area contributed by atoms with E-state index in [1.54, 1.807) is 0 Å². The van der Waals surface area contributed by atoms with Crippen molar-refractivity contribution in [3.05, 3.63) is 53.7 Å². The summed E-state index contributed by atoms with van der Waals surface area (Å²) in [6, 6.07) is 8.04. The minimum Gasteiger partial charge on any atom is -0.353 e. The molecule has 1 aliphatic rings. The van der Waals surface area contributed by atoms with E-state index in [1.165, 1.54) is 12.1 Å². The van der Waals surface area contributed by atoms with Gasteiger partial charge in [-0.3, -0.25) is 9.20 Å². The van der Waals surface area contributed by atoms with Gasteiger partial charge in [0.2, 0.25) is 0 Å². The molecule has 3 aromatic heterocycles. The van der Waals surface area contributed by atoms with Crippen LogP contribution in [0.1, 0.15) is 53.6 Å². The first-order valence-electron chi connectivity index (χ1n) is 8.89. The van der Waals surface area contributed by atoms with Gasteiger partial charge in [-0.2, -0.15) is 0 Å². The Kier molecular flexibility index (Phi) is 4.03. The molecule has 1 fully saturated rings. The number of amides is 1. The Morgan fingerprint density at radius 2 is 2.04 bits per heavy atom. The van der Waals surface area contributed by atoms with Crippen LogP contribution in [0.5, 0.6) is 0 Å². The third-order valence-electron chi connectivity index (χ3n) is 5.16. The quantitative estimate of drug-likeness (QED) is 0.722. The Labute approximate surface area is 147 Å². The van der Waals surface area contributed by atoms with Crippen LogP contribution in [0.15, 0.2) is 36.7 Å². The van der Waals surface area contributed by atoms with Gasteiger partial charge in [0.15, 0.2) is 5.65 Å². The summed E-state index contributed by atoms with van der Waals surface area (Å²) in [5.41, 5.74) is 2.66. The van der Waals surface area contributed by atoms with Crippen LogP contribution >= 0.6 is 0 Å². The van der Waals surface area contributed by atoms with Gasteiger partial charge >= 0.3 is 0 Å².